The van der Waals surface area contributed by atoms with E-state index in [1.165, 1.54) is 4.68 Å². The van der Waals surface area contributed by atoms with E-state index in [-0.39, 0.29) is 12.5 Å². The Morgan fingerprint density at radius 1 is 1.47 bits per heavy atom. The van der Waals surface area contributed by atoms with Crippen LogP contribution in [0.2, 0.25) is 0 Å². The molecule has 1 heterocycles. The Kier molecular flexibility index (Phi) is 3.38. The number of halogens is 3. The molecule has 0 spiro atoms. The Bertz CT molecular complexity index is 328. The fraction of sp³-hybridized carbons (Fsp3) is 0.667. The van der Waals surface area contributed by atoms with Gasteiger partial charge in [-0.05, 0) is 12.0 Å². The van der Waals surface area contributed by atoms with Crippen molar-refractivity contribution in [2.45, 2.75) is 33.1 Å². The zero-order valence-corrected chi connectivity index (χ0v) is 8.67. The lowest BCUT2D eigenvalue weighted by molar-refractivity contribution is -0.141. The van der Waals surface area contributed by atoms with E-state index in [0.29, 0.717) is 12.2 Å². The van der Waals surface area contributed by atoms with E-state index in [2.05, 4.69) is 5.10 Å². The molecule has 15 heavy (non-hydrogen) atoms. The third kappa shape index (κ3) is 2.95. The van der Waals surface area contributed by atoms with Gasteiger partial charge in [-0.25, -0.2) is 0 Å². The molecule has 1 aromatic heterocycles. The van der Waals surface area contributed by atoms with Crippen LogP contribution in [-0.4, -0.2) is 9.78 Å². The molecule has 0 saturated heterocycles. The molecule has 0 aliphatic heterocycles. The summed E-state index contributed by atoms with van der Waals surface area (Å²) in [5.41, 5.74) is 4.90. The lowest BCUT2D eigenvalue weighted by atomic mass is 10.2. The van der Waals surface area contributed by atoms with Crippen molar-refractivity contribution in [3.63, 3.8) is 0 Å². The molecular weight excluding hydrogens is 207 g/mol. The second kappa shape index (κ2) is 4.22. The Labute approximate surface area is 86.1 Å². The summed E-state index contributed by atoms with van der Waals surface area (Å²) in [5, 5.41) is 3.50. The van der Waals surface area contributed by atoms with E-state index < -0.39 is 11.9 Å². The second-order valence-electron chi connectivity index (χ2n) is 3.80. The third-order valence-corrected chi connectivity index (χ3v) is 1.90. The van der Waals surface area contributed by atoms with Crippen molar-refractivity contribution in [1.29, 1.82) is 0 Å². The van der Waals surface area contributed by atoms with Gasteiger partial charge < -0.3 is 5.73 Å². The van der Waals surface area contributed by atoms with Gasteiger partial charge >= 0.3 is 6.18 Å². The highest BCUT2D eigenvalue weighted by atomic mass is 19.4. The summed E-state index contributed by atoms with van der Waals surface area (Å²) in [6.07, 6.45) is -4.40. The molecule has 0 amide bonds. The Hall–Kier alpha value is -1.04. The molecule has 1 rings (SSSR count). The summed E-state index contributed by atoms with van der Waals surface area (Å²) in [6, 6.07) is 1.00. The van der Waals surface area contributed by atoms with Crippen molar-refractivity contribution in [1.82, 2.24) is 9.78 Å². The molecular formula is C9H14F3N3. The zero-order valence-electron chi connectivity index (χ0n) is 8.67. The minimum absolute atomic E-state index is 0.0653. The number of alkyl halides is 3. The number of aromatic nitrogens is 2. The minimum Gasteiger partial charge on any atom is -0.325 e. The van der Waals surface area contributed by atoms with Crippen LogP contribution in [0.25, 0.3) is 0 Å². The Morgan fingerprint density at radius 3 is 2.47 bits per heavy atom. The van der Waals surface area contributed by atoms with Crippen molar-refractivity contribution >= 4 is 0 Å². The maximum Gasteiger partial charge on any atom is 0.435 e. The molecule has 0 aliphatic carbocycles. The minimum atomic E-state index is -4.40. The highest BCUT2D eigenvalue weighted by Gasteiger charge is 2.34. The molecule has 3 nitrogen and oxygen atoms in total. The van der Waals surface area contributed by atoms with E-state index in [1.807, 2.05) is 13.8 Å². The fourth-order valence-corrected chi connectivity index (χ4v) is 1.26. The molecule has 0 bridgehead atoms. The first-order valence-corrected chi connectivity index (χ1v) is 4.68. The summed E-state index contributed by atoms with van der Waals surface area (Å²) in [5.74, 6) is 0.233. The molecule has 0 unspecified atom stereocenters. The first-order chi connectivity index (χ1) is 6.84. The van der Waals surface area contributed by atoms with E-state index in [4.69, 9.17) is 5.73 Å². The van der Waals surface area contributed by atoms with Gasteiger partial charge in [-0.3, -0.25) is 4.68 Å². The molecule has 0 fully saturated rings. The van der Waals surface area contributed by atoms with Crippen LogP contribution in [-0.2, 0) is 19.3 Å². The zero-order chi connectivity index (χ0) is 11.6. The topological polar surface area (TPSA) is 43.8 Å². The quantitative estimate of drug-likeness (QED) is 0.848. The standard InChI is InChI=1S/C9H14F3N3/c1-6(2)5-15-7(4-13)3-8(14-15)9(10,11)12/h3,6H,4-5,13H2,1-2H3. The normalized spacial score (nSPS) is 12.5. The lowest BCUT2D eigenvalue weighted by Gasteiger charge is -2.08. The maximum absolute atomic E-state index is 12.3. The van der Waals surface area contributed by atoms with Gasteiger partial charge in [0.1, 0.15) is 0 Å². The van der Waals surface area contributed by atoms with Crippen molar-refractivity contribution < 1.29 is 13.2 Å². The van der Waals surface area contributed by atoms with E-state index >= 15 is 0 Å². The summed E-state index contributed by atoms with van der Waals surface area (Å²) < 4.78 is 38.3. The Morgan fingerprint density at radius 2 is 2.07 bits per heavy atom. The van der Waals surface area contributed by atoms with Crippen LogP contribution < -0.4 is 5.73 Å². The van der Waals surface area contributed by atoms with Crippen LogP contribution >= 0.6 is 0 Å². The highest BCUT2D eigenvalue weighted by Crippen LogP contribution is 2.28. The number of nitrogens with two attached hydrogens (primary N) is 1. The predicted molar refractivity (Wildman–Crippen MR) is 50.0 cm³/mol. The largest absolute Gasteiger partial charge is 0.435 e. The predicted octanol–water partition coefficient (Wildman–Crippen LogP) is 2.02. The van der Waals surface area contributed by atoms with Crippen LogP contribution in [0.4, 0.5) is 13.2 Å². The van der Waals surface area contributed by atoms with Crippen LogP contribution in [0.5, 0.6) is 0 Å². The van der Waals surface area contributed by atoms with Gasteiger partial charge in [0.2, 0.25) is 0 Å². The monoisotopic (exact) mass is 221 g/mol. The van der Waals surface area contributed by atoms with Crippen molar-refractivity contribution in [3.05, 3.63) is 17.5 Å². The maximum atomic E-state index is 12.3. The number of hydrogen-bond donors (Lipinski definition) is 1. The van der Waals surface area contributed by atoms with E-state index in [1.54, 1.807) is 0 Å². The van der Waals surface area contributed by atoms with Gasteiger partial charge in [-0.2, -0.15) is 18.3 Å². The lowest BCUT2D eigenvalue weighted by Crippen LogP contribution is -2.13. The highest BCUT2D eigenvalue weighted by molar-refractivity contribution is 5.13. The Balaban J connectivity index is 3.00. The van der Waals surface area contributed by atoms with Gasteiger partial charge in [-0.1, -0.05) is 13.8 Å². The average molecular weight is 221 g/mol. The summed E-state index contributed by atoms with van der Waals surface area (Å²) in [7, 11) is 0. The van der Waals surface area contributed by atoms with Gasteiger partial charge in [0.15, 0.2) is 5.69 Å². The van der Waals surface area contributed by atoms with Gasteiger partial charge in [0.05, 0.1) is 5.69 Å². The molecule has 0 aromatic carbocycles. The van der Waals surface area contributed by atoms with Crippen LogP contribution in [0, 0.1) is 5.92 Å². The average Bonchev–Trinajstić information content (AvgIpc) is 2.45. The molecule has 0 radical (unpaired) electrons. The number of hydrogen-bond acceptors (Lipinski definition) is 2. The van der Waals surface area contributed by atoms with Gasteiger partial charge in [0, 0.05) is 13.1 Å². The van der Waals surface area contributed by atoms with Crippen LogP contribution in [0.1, 0.15) is 25.2 Å². The first kappa shape index (κ1) is 12.0. The summed E-state index contributed by atoms with van der Waals surface area (Å²) in [6.45, 7) is 4.34. The van der Waals surface area contributed by atoms with Crippen LogP contribution in [0.3, 0.4) is 0 Å². The molecule has 86 valence electrons. The second-order valence-corrected chi connectivity index (χ2v) is 3.80. The molecule has 0 saturated carbocycles. The van der Waals surface area contributed by atoms with Crippen molar-refractivity contribution in [2.24, 2.45) is 11.7 Å². The first-order valence-electron chi connectivity index (χ1n) is 4.68. The molecule has 0 atom stereocenters. The van der Waals surface area contributed by atoms with Crippen molar-refractivity contribution in [2.75, 3.05) is 0 Å². The summed E-state index contributed by atoms with van der Waals surface area (Å²) >= 11 is 0. The SMILES string of the molecule is CC(C)Cn1nc(C(F)(F)F)cc1CN. The third-order valence-electron chi connectivity index (χ3n) is 1.90. The molecule has 2 N–H and O–H groups in total. The van der Waals surface area contributed by atoms with Crippen molar-refractivity contribution in [3.8, 4) is 0 Å². The molecule has 1 aromatic rings. The van der Waals surface area contributed by atoms with E-state index in [0.717, 1.165) is 6.07 Å². The van der Waals surface area contributed by atoms with Crippen LogP contribution in [0.15, 0.2) is 6.07 Å². The van der Waals surface area contributed by atoms with Gasteiger partial charge in [0.25, 0.3) is 0 Å². The van der Waals surface area contributed by atoms with Gasteiger partial charge in [-0.15, -0.1) is 0 Å². The molecule has 6 heteroatoms. The fourth-order valence-electron chi connectivity index (χ4n) is 1.26. The number of nitrogens with zero attached hydrogens (tertiary/aromatic N) is 2. The summed E-state index contributed by atoms with van der Waals surface area (Å²) in [4.78, 5) is 0. The smallest absolute Gasteiger partial charge is 0.325 e. The van der Waals surface area contributed by atoms with E-state index in [9.17, 15) is 13.2 Å². The molecule has 0 aliphatic rings. The number of rotatable bonds is 3.